The average molecular weight is 504 g/mol. The third-order valence-electron chi connectivity index (χ3n) is 3.83. The number of nitrogens with zero attached hydrogens (tertiary/aromatic N) is 3. The summed E-state index contributed by atoms with van der Waals surface area (Å²) in [6, 6.07) is 3.57. The molecule has 190 valence electrons. The molecule has 0 aliphatic rings. The SMILES string of the molecule is CC(C)OC(=O)OCOP(=O)(COCCc1ccc2c(N)ncnn12)OCOC(=O)OC(C)C. The van der Waals surface area contributed by atoms with Crippen LogP contribution in [0.15, 0.2) is 18.5 Å². The smallest absolute Gasteiger partial charge is 0.432 e. The molecule has 0 bridgehead atoms. The van der Waals surface area contributed by atoms with Crippen molar-refractivity contribution in [2.45, 2.75) is 46.3 Å². The average Bonchev–Trinajstić information content (AvgIpc) is 3.14. The van der Waals surface area contributed by atoms with Crippen molar-refractivity contribution in [1.82, 2.24) is 14.6 Å². The number of nitrogen functional groups attached to an aromatic ring is 1. The predicted molar refractivity (Wildman–Crippen MR) is 117 cm³/mol. The van der Waals surface area contributed by atoms with Crippen molar-refractivity contribution in [3.63, 3.8) is 0 Å². The first-order chi connectivity index (χ1) is 16.1. The van der Waals surface area contributed by atoms with E-state index in [1.807, 2.05) is 0 Å². The highest BCUT2D eigenvalue weighted by Gasteiger charge is 2.27. The van der Waals surface area contributed by atoms with E-state index in [1.54, 1.807) is 44.3 Å². The summed E-state index contributed by atoms with van der Waals surface area (Å²) in [5, 5.41) is 4.13. The molecule has 0 unspecified atom stereocenters. The van der Waals surface area contributed by atoms with Gasteiger partial charge in [-0.3, -0.25) is 13.6 Å². The molecule has 2 heterocycles. The van der Waals surface area contributed by atoms with Gasteiger partial charge in [-0.15, -0.1) is 0 Å². The van der Waals surface area contributed by atoms with E-state index >= 15 is 0 Å². The van der Waals surface area contributed by atoms with Crippen LogP contribution >= 0.6 is 7.60 Å². The van der Waals surface area contributed by atoms with E-state index < -0.39 is 52.0 Å². The van der Waals surface area contributed by atoms with Gasteiger partial charge in [-0.05, 0) is 39.8 Å². The van der Waals surface area contributed by atoms with Gasteiger partial charge < -0.3 is 29.4 Å². The van der Waals surface area contributed by atoms with Crippen LogP contribution in [0.25, 0.3) is 5.52 Å². The van der Waals surface area contributed by atoms with E-state index in [-0.39, 0.29) is 6.61 Å². The van der Waals surface area contributed by atoms with Gasteiger partial charge in [0.25, 0.3) is 0 Å². The van der Waals surface area contributed by atoms with Crippen LogP contribution in [0.2, 0.25) is 0 Å². The van der Waals surface area contributed by atoms with Crippen molar-refractivity contribution < 1.29 is 46.9 Å². The molecular formula is C19H29N4O10P. The zero-order chi connectivity index (χ0) is 25.1. The lowest BCUT2D eigenvalue weighted by Crippen LogP contribution is -2.17. The molecule has 2 rings (SSSR count). The molecule has 0 saturated carbocycles. The molecule has 0 aromatic carbocycles. The Hall–Kier alpha value is -2.93. The largest absolute Gasteiger partial charge is 0.510 e. The van der Waals surface area contributed by atoms with Gasteiger partial charge in [0.1, 0.15) is 18.2 Å². The first-order valence-corrected chi connectivity index (χ1v) is 12.0. The second kappa shape index (κ2) is 13.1. The summed E-state index contributed by atoms with van der Waals surface area (Å²) in [7, 11) is -4.00. The molecule has 14 nitrogen and oxygen atoms in total. The van der Waals surface area contributed by atoms with Crippen LogP contribution in [0.3, 0.4) is 0 Å². The van der Waals surface area contributed by atoms with Crippen molar-refractivity contribution >= 4 is 31.2 Å². The monoisotopic (exact) mass is 504 g/mol. The van der Waals surface area contributed by atoms with Crippen molar-refractivity contribution in [1.29, 1.82) is 0 Å². The Balaban J connectivity index is 1.88. The fraction of sp³-hybridized carbons (Fsp3) is 0.579. The molecule has 0 aliphatic carbocycles. The quantitative estimate of drug-likeness (QED) is 0.183. The van der Waals surface area contributed by atoms with Gasteiger partial charge in [0.15, 0.2) is 5.82 Å². The number of hydrogen-bond acceptors (Lipinski definition) is 13. The van der Waals surface area contributed by atoms with Gasteiger partial charge in [0.05, 0.1) is 18.8 Å². The zero-order valence-electron chi connectivity index (χ0n) is 19.4. The molecule has 15 heteroatoms. The Bertz CT molecular complexity index is 965. The van der Waals surface area contributed by atoms with Crippen LogP contribution in [0.1, 0.15) is 33.4 Å². The van der Waals surface area contributed by atoms with Crippen LogP contribution in [-0.2, 0) is 43.7 Å². The summed E-state index contributed by atoms with van der Waals surface area (Å²) in [6.07, 6.45) is -1.65. The van der Waals surface area contributed by atoms with Crippen molar-refractivity contribution in [3.05, 3.63) is 24.2 Å². The standard InChI is InChI=1S/C19H29N4O10P/c1-13(2)32-18(24)28-10-30-34(26,31-11-29-19(25)33-14(3)4)12-27-8-7-15-5-6-16-17(20)21-9-22-23(15)16/h5-6,9,13-14H,7-8,10-12H2,1-4H3,(H2,20,21,22). The van der Waals surface area contributed by atoms with Crippen LogP contribution in [-0.4, -0.2) is 65.7 Å². The van der Waals surface area contributed by atoms with Crippen LogP contribution in [0, 0.1) is 0 Å². The first-order valence-electron chi connectivity index (χ1n) is 10.3. The number of fused-ring (bicyclic) bond motifs is 1. The van der Waals surface area contributed by atoms with E-state index in [9.17, 15) is 14.2 Å². The highest BCUT2D eigenvalue weighted by molar-refractivity contribution is 7.53. The molecule has 2 aromatic rings. The maximum absolute atomic E-state index is 13.0. The minimum atomic E-state index is -4.00. The Kier molecular flexibility index (Phi) is 10.5. The summed E-state index contributed by atoms with van der Waals surface area (Å²) < 4.78 is 49.2. The molecule has 0 aliphatic heterocycles. The summed E-state index contributed by atoms with van der Waals surface area (Å²) >= 11 is 0. The second-order valence-electron chi connectivity index (χ2n) is 7.28. The number of carbonyl (C=O) groups excluding carboxylic acids is 2. The highest BCUT2D eigenvalue weighted by Crippen LogP contribution is 2.48. The maximum atomic E-state index is 13.0. The summed E-state index contributed by atoms with van der Waals surface area (Å²) in [5.74, 6) is 0.334. The first kappa shape index (κ1) is 27.3. The Morgan fingerprint density at radius 2 is 1.62 bits per heavy atom. The van der Waals surface area contributed by atoms with E-state index in [1.165, 1.54) is 6.33 Å². The van der Waals surface area contributed by atoms with Crippen molar-refractivity contribution in [2.24, 2.45) is 0 Å². The minimum Gasteiger partial charge on any atom is -0.432 e. The van der Waals surface area contributed by atoms with Gasteiger partial charge >= 0.3 is 19.9 Å². The number of hydrogen-bond donors (Lipinski definition) is 1. The Morgan fingerprint density at radius 3 is 2.18 bits per heavy atom. The van der Waals surface area contributed by atoms with Crippen molar-refractivity contribution in [2.75, 3.05) is 32.3 Å². The van der Waals surface area contributed by atoms with E-state index in [4.69, 9.17) is 38.5 Å². The van der Waals surface area contributed by atoms with Gasteiger partial charge in [-0.1, -0.05) is 0 Å². The maximum Gasteiger partial charge on any atom is 0.510 e. The summed E-state index contributed by atoms with van der Waals surface area (Å²) in [6.45, 7) is 5.17. The molecule has 0 atom stereocenters. The van der Waals surface area contributed by atoms with E-state index in [0.717, 1.165) is 5.69 Å². The number of rotatable bonds is 13. The number of aromatic nitrogens is 3. The zero-order valence-corrected chi connectivity index (χ0v) is 20.3. The number of ether oxygens (including phenoxy) is 5. The highest BCUT2D eigenvalue weighted by atomic mass is 31.2. The van der Waals surface area contributed by atoms with Gasteiger partial charge in [0.2, 0.25) is 13.6 Å². The van der Waals surface area contributed by atoms with Crippen LogP contribution in [0.4, 0.5) is 15.4 Å². The molecule has 0 amide bonds. The van der Waals surface area contributed by atoms with E-state index in [0.29, 0.717) is 17.8 Å². The van der Waals surface area contributed by atoms with Gasteiger partial charge in [-0.2, -0.15) is 5.10 Å². The Labute approximate surface area is 196 Å². The number of carbonyl (C=O) groups is 2. The predicted octanol–water partition coefficient (Wildman–Crippen LogP) is 3.09. The van der Waals surface area contributed by atoms with Crippen LogP contribution in [0.5, 0.6) is 0 Å². The molecule has 34 heavy (non-hydrogen) atoms. The fourth-order valence-corrected chi connectivity index (χ4v) is 3.43. The van der Waals surface area contributed by atoms with Crippen LogP contribution < -0.4 is 5.73 Å². The summed E-state index contributed by atoms with van der Waals surface area (Å²) in [4.78, 5) is 26.9. The molecule has 0 spiro atoms. The lowest BCUT2D eigenvalue weighted by Gasteiger charge is -2.18. The third kappa shape index (κ3) is 9.14. The molecular weight excluding hydrogens is 475 g/mol. The van der Waals surface area contributed by atoms with E-state index in [2.05, 4.69) is 10.1 Å². The summed E-state index contributed by atoms with van der Waals surface area (Å²) in [5.41, 5.74) is 7.23. The van der Waals surface area contributed by atoms with Gasteiger partial charge in [-0.25, -0.2) is 19.1 Å². The molecule has 2 aromatic heterocycles. The fourth-order valence-electron chi connectivity index (χ4n) is 2.42. The topological polar surface area (TPSA) is 172 Å². The van der Waals surface area contributed by atoms with Crippen molar-refractivity contribution in [3.8, 4) is 0 Å². The molecule has 2 N–H and O–H groups in total. The molecule has 0 radical (unpaired) electrons. The lowest BCUT2D eigenvalue weighted by molar-refractivity contribution is -0.0343. The molecule has 0 saturated heterocycles. The lowest BCUT2D eigenvalue weighted by atomic mass is 10.3. The molecule has 0 fully saturated rings. The normalized spacial score (nSPS) is 11.7. The number of anilines is 1. The van der Waals surface area contributed by atoms with Gasteiger partial charge in [0, 0.05) is 12.1 Å². The minimum absolute atomic E-state index is 0.110. The second-order valence-corrected chi connectivity index (χ2v) is 9.28. The third-order valence-corrected chi connectivity index (χ3v) is 5.32. The Morgan fingerprint density at radius 1 is 1.03 bits per heavy atom. The number of nitrogens with two attached hydrogens (primary N) is 1.